The van der Waals surface area contributed by atoms with Crippen LogP contribution in [0.5, 0.6) is 0 Å². The van der Waals surface area contributed by atoms with Crippen molar-refractivity contribution in [1.29, 1.82) is 0 Å². The molecule has 0 saturated carbocycles. The largest absolute Gasteiger partial charge is 0.462 e. The number of allylic oxidation sites excluding steroid dienone is 2. The molecule has 0 radical (unpaired) electrons. The van der Waals surface area contributed by atoms with E-state index in [0.717, 1.165) is 64.2 Å². The van der Waals surface area contributed by atoms with Gasteiger partial charge in [0.15, 0.2) is 6.10 Å². The third-order valence-electron chi connectivity index (χ3n) is 17.3. The number of hydrogen-bond acceptors (Lipinski definition) is 6. The molecule has 0 aliphatic carbocycles. The summed E-state index contributed by atoms with van der Waals surface area (Å²) in [5.74, 6) is -0.844. The summed E-state index contributed by atoms with van der Waals surface area (Å²) in [6.07, 6.45) is 86.2. The minimum atomic E-state index is -0.762. The summed E-state index contributed by atoms with van der Waals surface area (Å²) < 4.78 is 16.8. The molecule has 0 aromatic heterocycles. The number of ether oxygens (including phenoxy) is 3. The van der Waals surface area contributed by atoms with E-state index >= 15 is 0 Å². The molecule has 0 bridgehead atoms. The van der Waals surface area contributed by atoms with Crippen molar-refractivity contribution >= 4 is 17.9 Å². The lowest BCUT2D eigenvalue weighted by atomic mass is 10.0. The van der Waals surface area contributed by atoms with Crippen molar-refractivity contribution in [2.75, 3.05) is 13.2 Å². The SMILES string of the molecule is CCCCCCCCCC/C=C\CCCCCCCCCCCCCCCCCCCCCCCCCC(=O)OCC(COC(=O)CCCCCCC)OC(=O)CCCCCCCCCCCCCCCCCCCCCCCCC. The van der Waals surface area contributed by atoms with Gasteiger partial charge in [0.1, 0.15) is 13.2 Å². The quantitative estimate of drug-likeness (QED) is 0.0261. The first-order chi connectivity index (χ1) is 40.0. The van der Waals surface area contributed by atoms with Crippen LogP contribution in [0.2, 0.25) is 0 Å². The lowest BCUT2D eigenvalue weighted by Gasteiger charge is -2.18. The van der Waals surface area contributed by atoms with Gasteiger partial charge in [0, 0.05) is 19.3 Å². The molecule has 81 heavy (non-hydrogen) atoms. The van der Waals surface area contributed by atoms with Gasteiger partial charge in [-0.25, -0.2) is 0 Å². The van der Waals surface area contributed by atoms with Crippen molar-refractivity contribution in [3.05, 3.63) is 12.2 Å². The Morgan fingerprint density at radius 2 is 0.407 bits per heavy atom. The Labute approximate surface area is 507 Å². The number of unbranched alkanes of at least 4 members (excludes halogenated alkanes) is 57. The number of rotatable bonds is 70. The normalized spacial score (nSPS) is 12.0. The summed E-state index contributed by atoms with van der Waals surface area (Å²) >= 11 is 0. The van der Waals surface area contributed by atoms with Crippen molar-refractivity contribution < 1.29 is 28.6 Å². The fourth-order valence-electron chi connectivity index (χ4n) is 11.7. The zero-order valence-corrected chi connectivity index (χ0v) is 55.4. The van der Waals surface area contributed by atoms with Crippen LogP contribution >= 0.6 is 0 Å². The lowest BCUT2D eigenvalue weighted by molar-refractivity contribution is -0.167. The van der Waals surface area contributed by atoms with Crippen molar-refractivity contribution in [3.8, 4) is 0 Å². The van der Waals surface area contributed by atoms with E-state index in [1.165, 1.54) is 327 Å². The Kier molecular flexibility index (Phi) is 69.0. The van der Waals surface area contributed by atoms with Crippen LogP contribution in [0.15, 0.2) is 12.2 Å². The molecule has 0 amide bonds. The molecule has 0 fully saturated rings. The van der Waals surface area contributed by atoms with Crippen LogP contribution in [-0.2, 0) is 28.6 Å². The molecule has 0 saturated heterocycles. The molecule has 0 aromatic carbocycles. The highest BCUT2D eigenvalue weighted by Gasteiger charge is 2.20. The summed E-state index contributed by atoms with van der Waals surface area (Å²) in [6, 6.07) is 0. The predicted molar refractivity (Wildman–Crippen MR) is 353 cm³/mol. The first kappa shape index (κ1) is 79.2. The van der Waals surface area contributed by atoms with Gasteiger partial charge in [-0.15, -0.1) is 0 Å². The Morgan fingerprint density at radius 3 is 0.617 bits per heavy atom. The second-order valence-corrected chi connectivity index (χ2v) is 25.6. The van der Waals surface area contributed by atoms with Crippen LogP contribution in [0, 0.1) is 0 Å². The maximum absolute atomic E-state index is 12.9. The van der Waals surface area contributed by atoms with E-state index in [1.54, 1.807) is 0 Å². The Morgan fingerprint density at radius 1 is 0.235 bits per heavy atom. The topological polar surface area (TPSA) is 78.9 Å². The van der Waals surface area contributed by atoms with Gasteiger partial charge in [-0.3, -0.25) is 14.4 Å². The standard InChI is InChI=1S/C75H144O6/c1-4-7-10-13-15-17-19-21-23-25-27-29-31-32-33-34-35-36-37-38-39-40-41-42-44-45-47-49-51-53-55-57-59-62-65-68-74(77)80-71-72(70-79-73(76)67-64-61-12-9-6-3)81-75(78)69-66-63-60-58-56-54-52-50-48-46-43-30-28-26-24-22-20-18-16-14-11-8-5-2/h25,27,72H,4-24,26,28-71H2,1-3H3/b27-25-. The zero-order valence-electron chi connectivity index (χ0n) is 55.4. The van der Waals surface area contributed by atoms with E-state index < -0.39 is 6.10 Å². The first-order valence-corrected chi connectivity index (χ1v) is 37.2. The Hall–Kier alpha value is -1.85. The van der Waals surface area contributed by atoms with Crippen LogP contribution in [0.4, 0.5) is 0 Å². The molecular formula is C75H144O6. The number of esters is 3. The molecule has 6 heteroatoms. The highest BCUT2D eigenvalue weighted by molar-refractivity contribution is 5.71. The van der Waals surface area contributed by atoms with E-state index in [0.29, 0.717) is 19.3 Å². The first-order valence-electron chi connectivity index (χ1n) is 37.2. The van der Waals surface area contributed by atoms with Crippen molar-refractivity contribution in [1.82, 2.24) is 0 Å². The molecule has 6 nitrogen and oxygen atoms in total. The lowest BCUT2D eigenvalue weighted by Crippen LogP contribution is -2.30. The summed E-state index contributed by atoms with van der Waals surface area (Å²) in [7, 11) is 0. The van der Waals surface area contributed by atoms with Crippen LogP contribution in [0.3, 0.4) is 0 Å². The van der Waals surface area contributed by atoms with Gasteiger partial charge in [0.05, 0.1) is 0 Å². The van der Waals surface area contributed by atoms with Crippen LogP contribution < -0.4 is 0 Å². The Bertz CT molecular complexity index is 1260. The molecule has 0 spiro atoms. The van der Waals surface area contributed by atoms with Crippen molar-refractivity contribution in [2.24, 2.45) is 0 Å². The highest BCUT2D eigenvalue weighted by atomic mass is 16.6. The van der Waals surface area contributed by atoms with E-state index in [4.69, 9.17) is 14.2 Å². The van der Waals surface area contributed by atoms with Crippen LogP contribution in [-0.4, -0.2) is 37.2 Å². The molecule has 0 aromatic rings. The maximum Gasteiger partial charge on any atom is 0.306 e. The number of carbonyl (C=O) groups is 3. The fourth-order valence-corrected chi connectivity index (χ4v) is 11.7. The second-order valence-electron chi connectivity index (χ2n) is 25.6. The zero-order chi connectivity index (χ0) is 58.5. The average Bonchev–Trinajstić information content (AvgIpc) is 3.47. The smallest absolute Gasteiger partial charge is 0.306 e. The van der Waals surface area contributed by atoms with Gasteiger partial charge < -0.3 is 14.2 Å². The third-order valence-corrected chi connectivity index (χ3v) is 17.3. The molecule has 0 rings (SSSR count). The molecule has 0 N–H and O–H groups in total. The number of carbonyl (C=O) groups excluding carboxylic acids is 3. The van der Waals surface area contributed by atoms with Crippen LogP contribution in [0.25, 0.3) is 0 Å². The predicted octanol–water partition coefficient (Wildman–Crippen LogP) is 25.6. The summed E-state index contributed by atoms with van der Waals surface area (Å²) in [4.78, 5) is 38.0. The van der Waals surface area contributed by atoms with Gasteiger partial charge in [-0.05, 0) is 44.9 Å². The molecule has 0 aliphatic rings. The fraction of sp³-hybridized carbons (Fsp3) is 0.933. The molecule has 1 unspecified atom stereocenters. The van der Waals surface area contributed by atoms with E-state index in [1.807, 2.05) is 0 Å². The van der Waals surface area contributed by atoms with Gasteiger partial charge in [0.25, 0.3) is 0 Å². The minimum absolute atomic E-state index is 0.0632. The third kappa shape index (κ3) is 68.8. The molecule has 0 aliphatic heterocycles. The van der Waals surface area contributed by atoms with Gasteiger partial charge in [-0.2, -0.15) is 0 Å². The molecule has 0 heterocycles. The highest BCUT2D eigenvalue weighted by Crippen LogP contribution is 2.20. The second kappa shape index (κ2) is 70.6. The van der Waals surface area contributed by atoms with Gasteiger partial charge >= 0.3 is 17.9 Å². The maximum atomic E-state index is 12.9. The van der Waals surface area contributed by atoms with E-state index in [-0.39, 0.29) is 31.1 Å². The monoisotopic (exact) mass is 1140 g/mol. The van der Waals surface area contributed by atoms with Gasteiger partial charge in [-0.1, -0.05) is 380 Å². The Balaban J connectivity index is 3.84. The summed E-state index contributed by atoms with van der Waals surface area (Å²) in [6.45, 7) is 6.64. The van der Waals surface area contributed by atoms with E-state index in [9.17, 15) is 14.4 Å². The number of hydrogen-bond donors (Lipinski definition) is 0. The summed E-state index contributed by atoms with van der Waals surface area (Å²) in [5.41, 5.74) is 0. The van der Waals surface area contributed by atoms with Crippen LogP contribution in [0.1, 0.15) is 432 Å². The van der Waals surface area contributed by atoms with Crippen molar-refractivity contribution in [3.63, 3.8) is 0 Å². The van der Waals surface area contributed by atoms with Gasteiger partial charge in [0.2, 0.25) is 0 Å². The molecular weight excluding hydrogens is 997 g/mol. The average molecular weight is 1140 g/mol. The molecule has 1 atom stereocenters. The minimum Gasteiger partial charge on any atom is -0.462 e. The van der Waals surface area contributed by atoms with E-state index in [2.05, 4.69) is 32.9 Å². The summed E-state index contributed by atoms with van der Waals surface area (Å²) in [5, 5.41) is 0. The van der Waals surface area contributed by atoms with Crippen molar-refractivity contribution in [2.45, 2.75) is 438 Å². The molecule has 480 valence electrons.